The van der Waals surface area contributed by atoms with Crippen LogP contribution in [0.2, 0.25) is 0 Å². The van der Waals surface area contributed by atoms with Crippen molar-refractivity contribution in [1.82, 2.24) is 20.2 Å². The topological polar surface area (TPSA) is 78.8 Å². The summed E-state index contributed by atoms with van der Waals surface area (Å²) in [5, 5.41) is 11.6. The van der Waals surface area contributed by atoms with Crippen LogP contribution in [-0.2, 0) is 10.3 Å². The summed E-state index contributed by atoms with van der Waals surface area (Å²) in [6, 6.07) is 4.50. The molecule has 102 valence electrons. The first-order chi connectivity index (χ1) is 8.95. The van der Waals surface area contributed by atoms with E-state index in [9.17, 15) is 4.39 Å². The third kappa shape index (κ3) is 2.55. The highest BCUT2D eigenvalue weighted by Gasteiger charge is 2.26. The third-order valence-corrected chi connectivity index (χ3v) is 2.80. The van der Waals surface area contributed by atoms with Crippen molar-refractivity contribution in [2.75, 3.05) is 19.5 Å². The summed E-state index contributed by atoms with van der Waals surface area (Å²) in [4.78, 5) is 0. The fourth-order valence-electron chi connectivity index (χ4n) is 1.86. The molecule has 0 fully saturated rings. The summed E-state index contributed by atoms with van der Waals surface area (Å²) in [7, 11) is 1.61. The van der Waals surface area contributed by atoms with Crippen LogP contribution in [0.4, 0.5) is 10.1 Å². The van der Waals surface area contributed by atoms with E-state index in [2.05, 4.69) is 15.5 Å². The molecular formula is C12H16FN5O. The lowest BCUT2D eigenvalue weighted by Gasteiger charge is -2.24. The molecule has 1 heterocycles. The van der Waals surface area contributed by atoms with E-state index in [1.807, 2.05) is 13.8 Å². The van der Waals surface area contributed by atoms with Crippen molar-refractivity contribution < 1.29 is 9.13 Å². The smallest absolute Gasteiger partial charge is 0.182 e. The number of tetrazole rings is 1. The molecule has 2 aromatic rings. The van der Waals surface area contributed by atoms with Gasteiger partial charge in [0.15, 0.2) is 5.82 Å². The predicted molar refractivity (Wildman–Crippen MR) is 68.8 cm³/mol. The second-order valence-electron chi connectivity index (χ2n) is 4.90. The van der Waals surface area contributed by atoms with Crippen molar-refractivity contribution in [1.29, 1.82) is 0 Å². The van der Waals surface area contributed by atoms with Gasteiger partial charge >= 0.3 is 0 Å². The molecule has 19 heavy (non-hydrogen) atoms. The molecule has 0 spiro atoms. The maximum absolute atomic E-state index is 13.5. The molecule has 1 aromatic carbocycles. The van der Waals surface area contributed by atoms with Gasteiger partial charge in [0.1, 0.15) is 5.82 Å². The van der Waals surface area contributed by atoms with Crippen LogP contribution in [0.25, 0.3) is 11.4 Å². The molecule has 6 nitrogen and oxygen atoms in total. The van der Waals surface area contributed by atoms with Gasteiger partial charge in [0.05, 0.1) is 17.8 Å². The Morgan fingerprint density at radius 2 is 2.16 bits per heavy atom. The molecule has 0 atom stereocenters. The van der Waals surface area contributed by atoms with E-state index in [-0.39, 0.29) is 5.69 Å². The van der Waals surface area contributed by atoms with Gasteiger partial charge in [-0.15, -0.1) is 5.10 Å². The van der Waals surface area contributed by atoms with Crippen LogP contribution in [0.3, 0.4) is 0 Å². The summed E-state index contributed by atoms with van der Waals surface area (Å²) in [5.41, 5.74) is 5.69. The summed E-state index contributed by atoms with van der Waals surface area (Å²) < 4.78 is 20.3. The standard InChI is InChI=1S/C12H16FN5O/c1-12(2,7-19-3)18-11(15-16-17-18)8-4-5-10(14)9(13)6-8/h4-6H,7,14H2,1-3H3. The molecule has 0 aliphatic carbocycles. The predicted octanol–water partition coefficient (Wildman–Crippen LogP) is 1.44. The van der Waals surface area contributed by atoms with Crippen molar-refractivity contribution >= 4 is 5.69 Å². The van der Waals surface area contributed by atoms with Gasteiger partial charge in [0.25, 0.3) is 0 Å². The Morgan fingerprint density at radius 3 is 2.79 bits per heavy atom. The molecule has 0 radical (unpaired) electrons. The lowest BCUT2D eigenvalue weighted by Crippen LogP contribution is -2.33. The number of anilines is 1. The maximum Gasteiger partial charge on any atom is 0.182 e. The summed E-state index contributed by atoms with van der Waals surface area (Å²) in [6.07, 6.45) is 0. The highest BCUT2D eigenvalue weighted by atomic mass is 19.1. The summed E-state index contributed by atoms with van der Waals surface area (Å²) in [5.74, 6) is -0.0162. The van der Waals surface area contributed by atoms with E-state index in [1.54, 1.807) is 17.9 Å². The minimum absolute atomic E-state index is 0.0962. The second-order valence-corrected chi connectivity index (χ2v) is 4.90. The van der Waals surface area contributed by atoms with Gasteiger partial charge in [0, 0.05) is 12.7 Å². The SMILES string of the molecule is COCC(C)(C)n1nnnc1-c1ccc(N)c(F)c1. The minimum Gasteiger partial charge on any atom is -0.396 e. The molecule has 0 amide bonds. The number of methoxy groups -OCH3 is 1. The molecule has 0 unspecified atom stereocenters. The van der Waals surface area contributed by atoms with E-state index in [1.165, 1.54) is 12.1 Å². The molecule has 1 aromatic heterocycles. The van der Waals surface area contributed by atoms with E-state index in [4.69, 9.17) is 10.5 Å². The zero-order chi connectivity index (χ0) is 14.0. The first-order valence-corrected chi connectivity index (χ1v) is 5.79. The van der Waals surface area contributed by atoms with Crippen LogP contribution in [0, 0.1) is 5.82 Å². The maximum atomic E-state index is 13.5. The van der Waals surface area contributed by atoms with Crippen molar-refractivity contribution in [2.24, 2.45) is 0 Å². The zero-order valence-corrected chi connectivity index (χ0v) is 11.1. The molecule has 0 saturated heterocycles. The number of rotatable bonds is 4. The zero-order valence-electron chi connectivity index (χ0n) is 11.1. The number of hydrogen-bond donors (Lipinski definition) is 1. The van der Waals surface area contributed by atoms with Gasteiger partial charge in [-0.2, -0.15) is 0 Å². The Balaban J connectivity index is 2.47. The van der Waals surface area contributed by atoms with Crippen LogP contribution in [0.15, 0.2) is 18.2 Å². The number of aromatic nitrogens is 4. The Hall–Kier alpha value is -2.02. The molecule has 2 N–H and O–H groups in total. The molecule has 0 aliphatic rings. The van der Waals surface area contributed by atoms with E-state index in [0.717, 1.165) is 0 Å². The second kappa shape index (κ2) is 4.93. The number of benzene rings is 1. The van der Waals surface area contributed by atoms with Gasteiger partial charge in [-0.3, -0.25) is 0 Å². The summed E-state index contributed by atoms with van der Waals surface area (Å²) in [6.45, 7) is 4.30. The normalized spacial score (nSPS) is 11.8. The third-order valence-electron chi connectivity index (χ3n) is 2.80. The van der Waals surface area contributed by atoms with E-state index < -0.39 is 11.4 Å². The number of nitrogen functional groups attached to an aromatic ring is 1. The van der Waals surface area contributed by atoms with E-state index >= 15 is 0 Å². The molecular weight excluding hydrogens is 249 g/mol. The first kappa shape index (κ1) is 13.4. The Morgan fingerprint density at radius 1 is 1.42 bits per heavy atom. The number of halogens is 1. The monoisotopic (exact) mass is 265 g/mol. The lowest BCUT2D eigenvalue weighted by molar-refractivity contribution is 0.101. The van der Waals surface area contributed by atoms with Crippen LogP contribution in [0.5, 0.6) is 0 Å². The van der Waals surface area contributed by atoms with Crippen LogP contribution < -0.4 is 5.73 Å². The average Bonchev–Trinajstić information content (AvgIpc) is 2.82. The lowest BCUT2D eigenvalue weighted by atomic mass is 10.1. The quantitative estimate of drug-likeness (QED) is 0.846. The highest BCUT2D eigenvalue weighted by molar-refractivity contribution is 5.59. The molecule has 0 bridgehead atoms. The number of hydrogen-bond acceptors (Lipinski definition) is 5. The van der Waals surface area contributed by atoms with Gasteiger partial charge in [-0.25, -0.2) is 9.07 Å². The first-order valence-electron chi connectivity index (χ1n) is 5.79. The van der Waals surface area contributed by atoms with Crippen molar-refractivity contribution in [2.45, 2.75) is 19.4 Å². The molecule has 2 rings (SSSR count). The molecule has 0 aliphatic heterocycles. The van der Waals surface area contributed by atoms with Crippen LogP contribution >= 0.6 is 0 Å². The van der Waals surface area contributed by atoms with Crippen molar-refractivity contribution in [3.05, 3.63) is 24.0 Å². The highest BCUT2D eigenvalue weighted by Crippen LogP contribution is 2.25. The average molecular weight is 265 g/mol. The van der Waals surface area contributed by atoms with Crippen LogP contribution in [-0.4, -0.2) is 33.9 Å². The largest absolute Gasteiger partial charge is 0.396 e. The van der Waals surface area contributed by atoms with Gasteiger partial charge in [0.2, 0.25) is 0 Å². The van der Waals surface area contributed by atoms with Gasteiger partial charge in [-0.05, 0) is 42.5 Å². The minimum atomic E-state index is -0.489. The Labute approximate surface area is 110 Å². The fraction of sp³-hybridized carbons (Fsp3) is 0.417. The van der Waals surface area contributed by atoms with Gasteiger partial charge in [-0.1, -0.05) is 0 Å². The molecule has 7 heteroatoms. The van der Waals surface area contributed by atoms with Crippen LogP contribution in [0.1, 0.15) is 13.8 Å². The van der Waals surface area contributed by atoms with Crippen molar-refractivity contribution in [3.63, 3.8) is 0 Å². The number of nitrogens with two attached hydrogens (primary N) is 1. The number of ether oxygens (including phenoxy) is 1. The molecule has 0 saturated carbocycles. The Bertz CT molecular complexity index is 581. The Kier molecular flexibility index (Phi) is 3.48. The van der Waals surface area contributed by atoms with Crippen molar-refractivity contribution in [3.8, 4) is 11.4 Å². The van der Waals surface area contributed by atoms with Gasteiger partial charge < -0.3 is 10.5 Å². The fourth-order valence-corrected chi connectivity index (χ4v) is 1.86. The van der Waals surface area contributed by atoms with E-state index in [0.29, 0.717) is 18.0 Å². The summed E-state index contributed by atoms with van der Waals surface area (Å²) >= 11 is 0. The number of nitrogens with zero attached hydrogens (tertiary/aromatic N) is 4.